The number of halogens is 1. The Kier molecular flexibility index (Phi) is 4.15. The quantitative estimate of drug-likeness (QED) is 0.847. The van der Waals surface area contributed by atoms with Crippen molar-refractivity contribution >= 4 is 23.6 Å². The summed E-state index contributed by atoms with van der Waals surface area (Å²) < 4.78 is 10.5. The lowest BCUT2D eigenvalue weighted by molar-refractivity contribution is -0.131. The molecule has 1 aromatic heterocycles. The van der Waals surface area contributed by atoms with E-state index in [1.54, 1.807) is 24.3 Å². The predicted octanol–water partition coefficient (Wildman–Crippen LogP) is 2.40. The minimum absolute atomic E-state index is 0.0928. The summed E-state index contributed by atoms with van der Waals surface area (Å²) in [5.41, 5.74) is 0. The van der Waals surface area contributed by atoms with Crippen LogP contribution in [0.1, 0.15) is 11.8 Å². The number of benzene rings is 1. The maximum absolute atomic E-state index is 10.3. The average Bonchev–Trinajstić information content (AvgIpc) is 2.84. The lowest BCUT2D eigenvalue weighted by Gasteiger charge is -2.02. The third-order valence-electron chi connectivity index (χ3n) is 2.03. The molecule has 0 radical (unpaired) electrons. The summed E-state index contributed by atoms with van der Waals surface area (Å²) in [4.78, 5) is 10.3. The summed E-state index contributed by atoms with van der Waals surface area (Å²) in [5, 5.41) is 16.4. The standard InChI is InChI=1S/C12H9ClN2O4/c13-8-1-3-9(4-2-8)18-7-11-15-14-10(19-11)5-6-12(16)17/h1-6H,7H2,(H,16,17)/b6-5+. The van der Waals surface area contributed by atoms with Crippen LogP contribution >= 0.6 is 11.6 Å². The first-order valence-electron chi connectivity index (χ1n) is 5.25. The van der Waals surface area contributed by atoms with Gasteiger partial charge in [0.25, 0.3) is 5.89 Å². The van der Waals surface area contributed by atoms with Gasteiger partial charge in [-0.05, 0) is 24.3 Å². The monoisotopic (exact) mass is 280 g/mol. The number of hydrogen-bond acceptors (Lipinski definition) is 5. The second-order valence-corrected chi connectivity index (χ2v) is 3.88. The molecule has 0 unspecified atom stereocenters. The van der Waals surface area contributed by atoms with Gasteiger partial charge in [-0.1, -0.05) is 11.6 Å². The van der Waals surface area contributed by atoms with Crippen LogP contribution in [-0.4, -0.2) is 21.3 Å². The van der Waals surface area contributed by atoms with Crippen molar-refractivity contribution in [3.05, 3.63) is 47.1 Å². The highest BCUT2D eigenvalue weighted by Crippen LogP contribution is 2.16. The zero-order valence-electron chi connectivity index (χ0n) is 9.62. The molecule has 0 atom stereocenters. The summed E-state index contributed by atoms with van der Waals surface area (Å²) in [6.45, 7) is 0.0928. The Morgan fingerprint density at radius 1 is 1.37 bits per heavy atom. The number of ether oxygens (including phenoxy) is 1. The van der Waals surface area contributed by atoms with Gasteiger partial charge >= 0.3 is 5.97 Å². The molecule has 1 N–H and O–H groups in total. The van der Waals surface area contributed by atoms with Crippen LogP contribution in [0.3, 0.4) is 0 Å². The SMILES string of the molecule is O=C(O)/C=C/c1nnc(COc2ccc(Cl)cc2)o1. The van der Waals surface area contributed by atoms with Crippen molar-refractivity contribution in [3.8, 4) is 5.75 Å². The third-order valence-corrected chi connectivity index (χ3v) is 2.28. The number of carbonyl (C=O) groups is 1. The molecular weight excluding hydrogens is 272 g/mol. The second-order valence-electron chi connectivity index (χ2n) is 3.45. The number of nitrogens with zero attached hydrogens (tertiary/aromatic N) is 2. The van der Waals surface area contributed by atoms with Crippen LogP contribution in [-0.2, 0) is 11.4 Å². The largest absolute Gasteiger partial charge is 0.484 e. The van der Waals surface area contributed by atoms with Gasteiger partial charge in [-0.2, -0.15) is 0 Å². The summed E-state index contributed by atoms with van der Waals surface area (Å²) >= 11 is 5.74. The first kappa shape index (κ1) is 13.1. The van der Waals surface area contributed by atoms with Crippen molar-refractivity contribution in [2.24, 2.45) is 0 Å². The molecule has 0 spiro atoms. The highest BCUT2D eigenvalue weighted by atomic mass is 35.5. The van der Waals surface area contributed by atoms with E-state index in [9.17, 15) is 4.79 Å². The van der Waals surface area contributed by atoms with Crippen molar-refractivity contribution < 1.29 is 19.1 Å². The first-order chi connectivity index (χ1) is 9.13. The Balaban J connectivity index is 1.93. The van der Waals surface area contributed by atoms with Gasteiger partial charge in [-0.15, -0.1) is 10.2 Å². The lowest BCUT2D eigenvalue weighted by atomic mass is 10.3. The van der Waals surface area contributed by atoms with Crippen molar-refractivity contribution in [2.45, 2.75) is 6.61 Å². The highest BCUT2D eigenvalue weighted by molar-refractivity contribution is 6.30. The zero-order chi connectivity index (χ0) is 13.7. The summed E-state index contributed by atoms with van der Waals surface area (Å²) in [6.07, 6.45) is 2.12. The molecule has 0 saturated carbocycles. The zero-order valence-corrected chi connectivity index (χ0v) is 10.4. The first-order valence-corrected chi connectivity index (χ1v) is 5.63. The van der Waals surface area contributed by atoms with Gasteiger partial charge in [0.05, 0.1) is 0 Å². The molecule has 0 aliphatic rings. The molecule has 0 amide bonds. The normalized spacial score (nSPS) is 10.8. The van der Waals surface area contributed by atoms with Gasteiger partial charge in [0.15, 0.2) is 6.61 Å². The van der Waals surface area contributed by atoms with Gasteiger partial charge in [-0.25, -0.2) is 4.79 Å². The predicted molar refractivity (Wildman–Crippen MR) is 66.8 cm³/mol. The Bertz CT molecular complexity index is 592. The van der Waals surface area contributed by atoms with E-state index in [1.807, 2.05) is 0 Å². The number of aliphatic carboxylic acids is 1. The fraction of sp³-hybridized carbons (Fsp3) is 0.0833. The van der Waals surface area contributed by atoms with Gasteiger partial charge < -0.3 is 14.3 Å². The van der Waals surface area contributed by atoms with Gasteiger partial charge in [0, 0.05) is 17.2 Å². The summed E-state index contributed by atoms with van der Waals surface area (Å²) in [6, 6.07) is 6.82. The van der Waals surface area contributed by atoms with E-state index in [1.165, 1.54) is 6.08 Å². The third kappa shape index (κ3) is 4.11. The van der Waals surface area contributed by atoms with E-state index in [0.717, 1.165) is 6.08 Å². The number of carboxylic acid groups (broad SMARTS) is 1. The molecule has 0 fully saturated rings. The molecule has 2 aromatic rings. The molecule has 1 heterocycles. The van der Waals surface area contributed by atoms with E-state index in [0.29, 0.717) is 10.8 Å². The minimum Gasteiger partial charge on any atom is -0.484 e. The van der Waals surface area contributed by atoms with E-state index in [4.69, 9.17) is 25.9 Å². The van der Waals surface area contributed by atoms with E-state index < -0.39 is 5.97 Å². The van der Waals surface area contributed by atoms with Crippen LogP contribution in [0.5, 0.6) is 5.75 Å². The Labute approximate surface area is 113 Å². The molecule has 0 bridgehead atoms. The molecule has 0 aliphatic heterocycles. The molecule has 19 heavy (non-hydrogen) atoms. The van der Waals surface area contributed by atoms with Crippen molar-refractivity contribution in [1.29, 1.82) is 0 Å². The number of carboxylic acids is 1. The van der Waals surface area contributed by atoms with Gasteiger partial charge in [0.1, 0.15) is 5.75 Å². The Morgan fingerprint density at radius 2 is 2.11 bits per heavy atom. The fourth-order valence-corrected chi connectivity index (χ4v) is 1.34. The molecule has 1 aromatic carbocycles. The molecule has 6 nitrogen and oxygen atoms in total. The summed E-state index contributed by atoms with van der Waals surface area (Å²) in [5.74, 6) is -0.112. The van der Waals surface area contributed by atoms with E-state index >= 15 is 0 Å². The van der Waals surface area contributed by atoms with Crippen molar-refractivity contribution in [3.63, 3.8) is 0 Å². The van der Waals surface area contributed by atoms with Crippen LogP contribution in [0.4, 0.5) is 0 Å². The van der Waals surface area contributed by atoms with Crippen molar-refractivity contribution in [1.82, 2.24) is 10.2 Å². The lowest BCUT2D eigenvalue weighted by Crippen LogP contribution is -1.95. The van der Waals surface area contributed by atoms with Crippen LogP contribution in [0.25, 0.3) is 6.08 Å². The molecule has 0 saturated heterocycles. The van der Waals surface area contributed by atoms with Gasteiger partial charge in [0.2, 0.25) is 5.89 Å². The molecule has 0 aliphatic carbocycles. The number of hydrogen-bond donors (Lipinski definition) is 1. The topological polar surface area (TPSA) is 85.5 Å². The second kappa shape index (κ2) is 6.01. The number of rotatable bonds is 5. The van der Waals surface area contributed by atoms with E-state index in [-0.39, 0.29) is 18.4 Å². The maximum Gasteiger partial charge on any atom is 0.328 e. The minimum atomic E-state index is -1.09. The Morgan fingerprint density at radius 3 is 2.79 bits per heavy atom. The average molecular weight is 281 g/mol. The van der Waals surface area contributed by atoms with Crippen LogP contribution in [0.15, 0.2) is 34.8 Å². The maximum atomic E-state index is 10.3. The molecule has 2 rings (SSSR count). The van der Waals surface area contributed by atoms with Gasteiger partial charge in [-0.3, -0.25) is 0 Å². The number of aromatic nitrogens is 2. The molecule has 98 valence electrons. The Hall–Kier alpha value is -2.34. The van der Waals surface area contributed by atoms with Crippen LogP contribution < -0.4 is 4.74 Å². The summed E-state index contributed by atoms with van der Waals surface area (Å²) in [7, 11) is 0. The molecule has 7 heteroatoms. The van der Waals surface area contributed by atoms with Crippen molar-refractivity contribution in [2.75, 3.05) is 0 Å². The smallest absolute Gasteiger partial charge is 0.328 e. The van der Waals surface area contributed by atoms with Crippen LogP contribution in [0, 0.1) is 0 Å². The molecular formula is C12H9ClN2O4. The van der Waals surface area contributed by atoms with E-state index in [2.05, 4.69) is 10.2 Å². The fourth-order valence-electron chi connectivity index (χ4n) is 1.21. The van der Waals surface area contributed by atoms with Crippen LogP contribution in [0.2, 0.25) is 5.02 Å². The highest BCUT2D eigenvalue weighted by Gasteiger charge is 2.05.